The second-order valence-electron chi connectivity index (χ2n) is 7.68. The van der Waals surface area contributed by atoms with E-state index in [1.807, 2.05) is 24.3 Å². The molecule has 0 aliphatic carbocycles. The fourth-order valence-electron chi connectivity index (χ4n) is 4.12. The molecule has 0 aromatic heterocycles. The number of likely N-dealkylation sites (tertiary alicyclic amines) is 2. The zero-order chi connectivity index (χ0) is 17.8. The summed E-state index contributed by atoms with van der Waals surface area (Å²) in [5, 5.41) is 19.4. The fourth-order valence-corrected chi connectivity index (χ4v) is 4.12. The first-order valence-electron chi connectivity index (χ1n) is 9.38. The van der Waals surface area contributed by atoms with E-state index in [0.29, 0.717) is 11.8 Å². The quantitative estimate of drug-likeness (QED) is 0.762. The standard InChI is InChI=1S/C20H30N2O3/c1-15(24)17-4-2-16(3-5-17)10-22-12-18(19(13-22)14-23)11-21-8-6-20(25)7-9-21/h2-5,18-20,23,25H,6-14H2,1H3/t18-,19-/m0/s1. The number of Topliss-reactive ketones (excluding diaryl/α,β-unsaturated/α-hetero) is 1. The van der Waals surface area contributed by atoms with Crippen molar-refractivity contribution in [2.75, 3.05) is 39.3 Å². The topological polar surface area (TPSA) is 64.0 Å². The Labute approximate surface area is 150 Å². The molecule has 2 atom stereocenters. The van der Waals surface area contributed by atoms with Crippen LogP contribution in [0.2, 0.25) is 0 Å². The number of aliphatic hydroxyl groups is 2. The SMILES string of the molecule is CC(=O)c1ccc(CN2C[C@@H](CO)[C@@H](CN3CCC(O)CC3)C2)cc1. The van der Waals surface area contributed by atoms with Gasteiger partial charge in [0.15, 0.2) is 5.78 Å². The number of hydrogen-bond donors (Lipinski definition) is 2. The van der Waals surface area contributed by atoms with Gasteiger partial charge in [-0.05, 0) is 37.2 Å². The Morgan fingerprint density at radius 2 is 1.72 bits per heavy atom. The maximum atomic E-state index is 11.4. The molecule has 0 spiro atoms. The molecule has 0 unspecified atom stereocenters. The zero-order valence-corrected chi connectivity index (χ0v) is 15.1. The Morgan fingerprint density at radius 1 is 1.08 bits per heavy atom. The first kappa shape index (κ1) is 18.5. The van der Waals surface area contributed by atoms with Gasteiger partial charge in [-0.1, -0.05) is 24.3 Å². The second-order valence-corrected chi connectivity index (χ2v) is 7.68. The molecule has 138 valence electrons. The highest BCUT2D eigenvalue weighted by Gasteiger charge is 2.34. The van der Waals surface area contributed by atoms with Crippen molar-refractivity contribution in [2.45, 2.75) is 32.4 Å². The van der Waals surface area contributed by atoms with Crippen LogP contribution in [0.3, 0.4) is 0 Å². The first-order chi connectivity index (χ1) is 12.0. The summed E-state index contributed by atoms with van der Waals surface area (Å²) in [6.07, 6.45) is 1.59. The molecule has 0 bridgehead atoms. The molecule has 0 amide bonds. The third-order valence-corrected chi connectivity index (χ3v) is 5.70. The summed E-state index contributed by atoms with van der Waals surface area (Å²) >= 11 is 0. The number of aliphatic hydroxyl groups excluding tert-OH is 2. The molecule has 1 aromatic rings. The van der Waals surface area contributed by atoms with Crippen LogP contribution in [-0.4, -0.2) is 71.2 Å². The molecule has 2 N–H and O–H groups in total. The van der Waals surface area contributed by atoms with E-state index >= 15 is 0 Å². The van der Waals surface area contributed by atoms with Crippen LogP contribution in [0, 0.1) is 11.8 Å². The van der Waals surface area contributed by atoms with E-state index in [2.05, 4.69) is 9.80 Å². The molecular weight excluding hydrogens is 316 g/mol. The van der Waals surface area contributed by atoms with Crippen molar-refractivity contribution in [3.05, 3.63) is 35.4 Å². The van der Waals surface area contributed by atoms with Crippen molar-refractivity contribution < 1.29 is 15.0 Å². The van der Waals surface area contributed by atoms with Gasteiger partial charge >= 0.3 is 0 Å². The number of nitrogens with zero attached hydrogens (tertiary/aromatic N) is 2. The third-order valence-electron chi connectivity index (χ3n) is 5.70. The Kier molecular flexibility index (Phi) is 6.23. The molecule has 0 radical (unpaired) electrons. The molecule has 2 heterocycles. The van der Waals surface area contributed by atoms with Crippen molar-refractivity contribution in [1.82, 2.24) is 9.80 Å². The maximum Gasteiger partial charge on any atom is 0.159 e. The summed E-state index contributed by atoms with van der Waals surface area (Å²) in [6, 6.07) is 7.86. The van der Waals surface area contributed by atoms with Crippen molar-refractivity contribution in [2.24, 2.45) is 11.8 Å². The largest absolute Gasteiger partial charge is 0.396 e. The number of carbonyl (C=O) groups excluding carboxylic acids is 1. The van der Waals surface area contributed by atoms with Gasteiger partial charge in [-0.15, -0.1) is 0 Å². The van der Waals surface area contributed by atoms with Crippen molar-refractivity contribution >= 4 is 5.78 Å². The number of hydrogen-bond acceptors (Lipinski definition) is 5. The summed E-state index contributed by atoms with van der Waals surface area (Å²) in [6.45, 7) is 7.55. The lowest BCUT2D eigenvalue weighted by molar-refractivity contribution is 0.0684. The zero-order valence-electron chi connectivity index (χ0n) is 15.1. The van der Waals surface area contributed by atoms with Crippen LogP contribution < -0.4 is 0 Å². The van der Waals surface area contributed by atoms with Gasteiger partial charge in [0.1, 0.15) is 0 Å². The molecule has 2 aliphatic heterocycles. The predicted octanol–water partition coefficient (Wildman–Crippen LogP) is 1.39. The van der Waals surface area contributed by atoms with Crippen LogP contribution in [0.15, 0.2) is 24.3 Å². The molecular formula is C20H30N2O3. The Balaban J connectivity index is 1.54. The molecule has 0 saturated carbocycles. The van der Waals surface area contributed by atoms with E-state index in [0.717, 1.165) is 57.7 Å². The Bertz CT molecular complexity index is 567. The highest BCUT2D eigenvalue weighted by Crippen LogP contribution is 2.26. The number of carbonyl (C=O) groups is 1. The smallest absolute Gasteiger partial charge is 0.159 e. The lowest BCUT2D eigenvalue weighted by atomic mass is 9.95. The Morgan fingerprint density at radius 3 is 2.32 bits per heavy atom. The highest BCUT2D eigenvalue weighted by atomic mass is 16.3. The first-order valence-corrected chi connectivity index (χ1v) is 9.38. The number of benzene rings is 1. The lowest BCUT2D eigenvalue weighted by Crippen LogP contribution is -2.40. The minimum absolute atomic E-state index is 0.0970. The number of ketones is 1. The van der Waals surface area contributed by atoms with E-state index in [-0.39, 0.29) is 18.5 Å². The van der Waals surface area contributed by atoms with Crippen molar-refractivity contribution in [3.8, 4) is 0 Å². The van der Waals surface area contributed by atoms with Gasteiger partial charge in [-0.2, -0.15) is 0 Å². The molecule has 5 nitrogen and oxygen atoms in total. The van der Waals surface area contributed by atoms with E-state index in [1.165, 1.54) is 5.56 Å². The minimum Gasteiger partial charge on any atom is -0.396 e. The van der Waals surface area contributed by atoms with E-state index < -0.39 is 0 Å². The lowest BCUT2D eigenvalue weighted by Gasteiger charge is -2.32. The molecule has 3 rings (SSSR count). The monoisotopic (exact) mass is 346 g/mol. The van der Waals surface area contributed by atoms with Gasteiger partial charge in [0.05, 0.1) is 6.10 Å². The van der Waals surface area contributed by atoms with Crippen molar-refractivity contribution in [1.29, 1.82) is 0 Å². The minimum atomic E-state index is -0.136. The van der Waals surface area contributed by atoms with Gasteiger partial charge in [0.25, 0.3) is 0 Å². The summed E-state index contributed by atoms with van der Waals surface area (Å²) in [5.74, 6) is 0.903. The normalized spacial score (nSPS) is 26.2. The molecule has 25 heavy (non-hydrogen) atoms. The summed E-state index contributed by atoms with van der Waals surface area (Å²) in [4.78, 5) is 16.2. The molecule has 2 aliphatic rings. The van der Waals surface area contributed by atoms with Crippen LogP contribution in [0.25, 0.3) is 0 Å². The average molecular weight is 346 g/mol. The van der Waals surface area contributed by atoms with Crippen LogP contribution >= 0.6 is 0 Å². The van der Waals surface area contributed by atoms with Gasteiger partial charge in [0, 0.05) is 51.4 Å². The number of piperidine rings is 1. The van der Waals surface area contributed by atoms with Crippen LogP contribution in [0.5, 0.6) is 0 Å². The highest BCUT2D eigenvalue weighted by molar-refractivity contribution is 5.93. The van der Waals surface area contributed by atoms with Gasteiger partial charge < -0.3 is 15.1 Å². The molecule has 2 saturated heterocycles. The van der Waals surface area contributed by atoms with Gasteiger partial charge in [-0.3, -0.25) is 9.69 Å². The van der Waals surface area contributed by atoms with Gasteiger partial charge in [-0.25, -0.2) is 0 Å². The third kappa shape index (κ3) is 4.88. The van der Waals surface area contributed by atoms with Gasteiger partial charge in [0.2, 0.25) is 0 Å². The second kappa shape index (κ2) is 8.41. The van der Waals surface area contributed by atoms with E-state index in [9.17, 15) is 15.0 Å². The molecule has 2 fully saturated rings. The van der Waals surface area contributed by atoms with Crippen LogP contribution in [0.4, 0.5) is 0 Å². The summed E-state index contributed by atoms with van der Waals surface area (Å²) in [5.41, 5.74) is 1.96. The summed E-state index contributed by atoms with van der Waals surface area (Å²) in [7, 11) is 0. The molecule has 5 heteroatoms. The van der Waals surface area contributed by atoms with E-state index in [4.69, 9.17) is 0 Å². The van der Waals surface area contributed by atoms with Crippen molar-refractivity contribution in [3.63, 3.8) is 0 Å². The van der Waals surface area contributed by atoms with E-state index in [1.54, 1.807) is 6.92 Å². The maximum absolute atomic E-state index is 11.4. The number of rotatable bonds is 6. The average Bonchev–Trinajstić information content (AvgIpc) is 2.99. The van der Waals surface area contributed by atoms with Crippen LogP contribution in [0.1, 0.15) is 35.7 Å². The molecule has 1 aromatic carbocycles. The Hall–Kier alpha value is -1.27. The predicted molar refractivity (Wildman–Crippen MR) is 97.5 cm³/mol. The fraction of sp³-hybridized carbons (Fsp3) is 0.650. The summed E-state index contributed by atoms with van der Waals surface area (Å²) < 4.78 is 0. The van der Waals surface area contributed by atoms with Crippen LogP contribution in [-0.2, 0) is 6.54 Å².